The van der Waals surface area contributed by atoms with Crippen LogP contribution in [0.25, 0.3) is 11.4 Å². The van der Waals surface area contributed by atoms with E-state index in [1.165, 1.54) is 0 Å². The summed E-state index contributed by atoms with van der Waals surface area (Å²) in [6.45, 7) is 2.97. The zero-order valence-electron chi connectivity index (χ0n) is 12.5. The molecule has 23 heavy (non-hydrogen) atoms. The van der Waals surface area contributed by atoms with Crippen LogP contribution in [0.15, 0.2) is 42.5 Å². The highest BCUT2D eigenvalue weighted by molar-refractivity contribution is 14.1. The highest BCUT2D eigenvalue weighted by atomic mass is 127. The van der Waals surface area contributed by atoms with Crippen molar-refractivity contribution in [1.29, 1.82) is 0 Å². The molecule has 0 radical (unpaired) electrons. The van der Waals surface area contributed by atoms with Crippen LogP contribution >= 0.6 is 22.6 Å². The minimum atomic E-state index is 0.485. The predicted octanol–water partition coefficient (Wildman–Crippen LogP) is 3.45. The first kappa shape index (κ1) is 15.7. The molecule has 0 aliphatic carbocycles. The lowest BCUT2D eigenvalue weighted by Gasteiger charge is -2.15. The van der Waals surface area contributed by atoms with E-state index in [-0.39, 0.29) is 0 Å². The molecule has 0 aliphatic heterocycles. The molecule has 1 heterocycles. The SMILES string of the molecule is CCOc1cc(-c2nn[nH]n2)cc(I)c1OCc1ccccc1. The molecule has 0 amide bonds. The van der Waals surface area contributed by atoms with E-state index in [1.807, 2.05) is 49.4 Å². The number of aromatic nitrogens is 4. The topological polar surface area (TPSA) is 72.9 Å². The highest BCUT2D eigenvalue weighted by Gasteiger charge is 2.15. The summed E-state index contributed by atoms with van der Waals surface area (Å²) < 4.78 is 12.6. The fourth-order valence-electron chi connectivity index (χ4n) is 2.11. The molecule has 3 aromatic rings. The number of aromatic amines is 1. The maximum atomic E-state index is 5.98. The highest BCUT2D eigenvalue weighted by Crippen LogP contribution is 2.37. The van der Waals surface area contributed by atoms with Crippen molar-refractivity contribution in [2.45, 2.75) is 13.5 Å². The van der Waals surface area contributed by atoms with Gasteiger partial charge in [-0.3, -0.25) is 0 Å². The first-order valence-corrected chi connectivity index (χ1v) is 8.22. The van der Waals surface area contributed by atoms with Gasteiger partial charge in [0.15, 0.2) is 11.5 Å². The lowest BCUT2D eigenvalue weighted by molar-refractivity contribution is 0.267. The summed E-state index contributed by atoms with van der Waals surface area (Å²) in [4.78, 5) is 0. The molecule has 0 saturated carbocycles. The molecular formula is C16H15IN4O2. The Kier molecular flexibility index (Phi) is 5.06. The van der Waals surface area contributed by atoms with Gasteiger partial charge in [-0.25, -0.2) is 0 Å². The van der Waals surface area contributed by atoms with Gasteiger partial charge in [0, 0.05) is 5.56 Å². The number of benzene rings is 2. The molecule has 6 nitrogen and oxygen atoms in total. The smallest absolute Gasteiger partial charge is 0.204 e. The fourth-order valence-corrected chi connectivity index (χ4v) is 2.87. The van der Waals surface area contributed by atoms with Crippen molar-refractivity contribution in [2.75, 3.05) is 6.61 Å². The van der Waals surface area contributed by atoms with Gasteiger partial charge in [0.2, 0.25) is 5.82 Å². The fraction of sp³-hybridized carbons (Fsp3) is 0.188. The number of rotatable bonds is 6. The van der Waals surface area contributed by atoms with Crippen molar-refractivity contribution in [3.05, 3.63) is 51.6 Å². The number of nitrogens with one attached hydrogen (secondary N) is 1. The first-order chi connectivity index (χ1) is 11.3. The molecule has 0 aliphatic rings. The summed E-state index contributed by atoms with van der Waals surface area (Å²) in [5, 5.41) is 14.1. The normalized spacial score (nSPS) is 10.5. The van der Waals surface area contributed by atoms with E-state index in [1.54, 1.807) is 0 Å². The third-order valence-corrected chi connectivity index (χ3v) is 3.94. The van der Waals surface area contributed by atoms with Crippen molar-refractivity contribution in [3.63, 3.8) is 0 Å². The maximum Gasteiger partial charge on any atom is 0.204 e. The monoisotopic (exact) mass is 422 g/mol. The van der Waals surface area contributed by atoms with Crippen LogP contribution in [-0.4, -0.2) is 27.2 Å². The van der Waals surface area contributed by atoms with Crippen LogP contribution in [0.2, 0.25) is 0 Å². The average molecular weight is 422 g/mol. The zero-order valence-corrected chi connectivity index (χ0v) is 14.6. The Morgan fingerprint density at radius 2 is 1.96 bits per heavy atom. The molecule has 0 spiro atoms. The van der Waals surface area contributed by atoms with Crippen LogP contribution in [-0.2, 0) is 6.61 Å². The average Bonchev–Trinajstić information content (AvgIpc) is 3.09. The van der Waals surface area contributed by atoms with Crippen molar-refractivity contribution < 1.29 is 9.47 Å². The van der Waals surface area contributed by atoms with Gasteiger partial charge in [-0.1, -0.05) is 30.3 Å². The van der Waals surface area contributed by atoms with Crippen LogP contribution < -0.4 is 9.47 Å². The number of halogens is 1. The van der Waals surface area contributed by atoms with Crippen LogP contribution in [0.4, 0.5) is 0 Å². The van der Waals surface area contributed by atoms with Crippen molar-refractivity contribution in [1.82, 2.24) is 20.6 Å². The van der Waals surface area contributed by atoms with Crippen LogP contribution in [0.3, 0.4) is 0 Å². The standard InChI is InChI=1S/C16H15IN4O2/c1-2-22-14-9-12(16-18-20-21-19-16)8-13(17)15(14)23-10-11-6-4-3-5-7-11/h3-9H,2,10H2,1H3,(H,18,19,20,21). The Labute approximate surface area is 147 Å². The third kappa shape index (κ3) is 3.79. The molecule has 1 N–H and O–H groups in total. The van der Waals surface area contributed by atoms with Gasteiger partial charge >= 0.3 is 0 Å². The molecule has 0 unspecified atom stereocenters. The van der Waals surface area contributed by atoms with Gasteiger partial charge in [-0.05, 0) is 52.4 Å². The minimum absolute atomic E-state index is 0.485. The Hall–Kier alpha value is -2.16. The summed E-state index contributed by atoms with van der Waals surface area (Å²) in [7, 11) is 0. The number of H-pyrrole nitrogens is 1. The molecule has 0 bridgehead atoms. The Morgan fingerprint density at radius 3 is 2.65 bits per heavy atom. The zero-order chi connectivity index (χ0) is 16.1. The van der Waals surface area contributed by atoms with E-state index in [4.69, 9.17) is 9.47 Å². The molecule has 0 saturated heterocycles. The van der Waals surface area contributed by atoms with Gasteiger partial charge in [0.25, 0.3) is 0 Å². The Bertz CT molecular complexity index is 763. The van der Waals surface area contributed by atoms with Crippen LogP contribution in [0, 0.1) is 3.57 Å². The quantitative estimate of drug-likeness (QED) is 0.617. The first-order valence-electron chi connectivity index (χ1n) is 7.15. The van der Waals surface area contributed by atoms with Gasteiger partial charge in [0.05, 0.1) is 10.2 Å². The Morgan fingerprint density at radius 1 is 1.13 bits per heavy atom. The van der Waals surface area contributed by atoms with Crippen molar-refractivity contribution in [2.24, 2.45) is 0 Å². The molecule has 1 aromatic heterocycles. The minimum Gasteiger partial charge on any atom is -0.490 e. The predicted molar refractivity (Wildman–Crippen MR) is 94.3 cm³/mol. The van der Waals surface area contributed by atoms with E-state index in [9.17, 15) is 0 Å². The molecule has 0 fully saturated rings. The number of nitrogens with zero attached hydrogens (tertiary/aromatic N) is 3. The second-order valence-electron chi connectivity index (χ2n) is 4.73. The lowest BCUT2D eigenvalue weighted by Crippen LogP contribution is -2.02. The number of hydrogen-bond acceptors (Lipinski definition) is 5. The van der Waals surface area contributed by atoms with Crippen LogP contribution in [0.1, 0.15) is 12.5 Å². The van der Waals surface area contributed by atoms with Crippen molar-refractivity contribution in [3.8, 4) is 22.9 Å². The molecule has 0 atom stereocenters. The summed E-state index contributed by atoms with van der Waals surface area (Å²) in [5.74, 6) is 1.93. The Balaban J connectivity index is 1.89. The van der Waals surface area contributed by atoms with Gasteiger partial charge < -0.3 is 9.47 Å². The van der Waals surface area contributed by atoms with E-state index in [0.717, 1.165) is 20.4 Å². The summed E-state index contributed by atoms with van der Waals surface area (Å²) >= 11 is 2.23. The van der Waals surface area contributed by atoms with Crippen molar-refractivity contribution >= 4 is 22.6 Å². The van der Waals surface area contributed by atoms with Gasteiger partial charge in [-0.15, -0.1) is 10.2 Å². The molecule has 7 heteroatoms. The summed E-state index contributed by atoms with van der Waals surface area (Å²) in [6, 6.07) is 13.9. The van der Waals surface area contributed by atoms with E-state index >= 15 is 0 Å². The molecule has 3 rings (SSSR count). The van der Waals surface area contributed by atoms with E-state index in [2.05, 4.69) is 43.2 Å². The van der Waals surface area contributed by atoms with Crippen LogP contribution in [0.5, 0.6) is 11.5 Å². The third-order valence-electron chi connectivity index (χ3n) is 3.14. The molecule has 118 valence electrons. The lowest BCUT2D eigenvalue weighted by atomic mass is 10.2. The van der Waals surface area contributed by atoms with E-state index in [0.29, 0.717) is 24.8 Å². The maximum absolute atomic E-state index is 5.98. The number of tetrazole rings is 1. The van der Waals surface area contributed by atoms with Gasteiger partial charge in [0.1, 0.15) is 6.61 Å². The largest absolute Gasteiger partial charge is 0.490 e. The summed E-state index contributed by atoms with van der Waals surface area (Å²) in [6.07, 6.45) is 0. The number of hydrogen-bond donors (Lipinski definition) is 1. The second kappa shape index (κ2) is 7.40. The van der Waals surface area contributed by atoms with Gasteiger partial charge in [-0.2, -0.15) is 5.21 Å². The second-order valence-corrected chi connectivity index (χ2v) is 5.89. The molecule has 2 aromatic carbocycles. The van der Waals surface area contributed by atoms with E-state index < -0.39 is 0 Å². The summed E-state index contributed by atoms with van der Waals surface area (Å²) in [5.41, 5.74) is 1.94. The molecular weight excluding hydrogens is 407 g/mol. The number of ether oxygens (including phenoxy) is 2.